The highest BCUT2D eigenvalue weighted by Gasteiger charge is 2.24. The Morgan fingerprint density at radius 1 is 1.47 bits per heavy atom. The molecular formula is C14H20ClN3O. The van der Waals surface area contributed by atoms with E-state index in [1.807, 2.05) is 33.8 Å². The molecule has 0 aliphatic heterocycles. The van der Waals surface area contributed by atoms with Crippen molar-refractivity contribution in [1.82, 2.24) is 14.5 Å². The van der Waals surface area contributed by atoms with Crippen LogP contribution in [0.1, 0.15) is 37.5 Å². The maximum absolute atomic E-state index is 6.25. The molecule has 19 heavy (non-hydrogen) atoms. The summed E-state index contributed by atoms with van der Waals surface area (Å²) in [6.07, 6.45) is 1.80. The third-order valence-corrected chi connectivity index (χ3v) is 3.51. The molecule has 2 aromatic rings. The molecule has 0 bridgehead atoms. The summed E-state index contributed by atoms with van der Waals surface area (Å²) in [4.78, 5) is 9.09. The number of alkyl halides is 1. The lowest BCUT2D eigenvalue weighted by atomic mass is 10.1. The van der Waals surface area contributed by atoms with Crippen LogP contribution >= 0.6 is 11.6 Å². The van der Waals surface area contributed by atoms with Crippen LogP contribution < -0.4 is 0 Å². The van der Waals surface area contributed by atoms with Gasteiger partial charge in [-0.05, 0) is 39.3 Å². The summed E-state index contributed by atoms with van der Waals surface area (Å²) in [6.45, 7) is 8.71. The predicted octanol–water partition coefficient (Wildman–Crippen LogP) is 3.46. The zero-order valence-electron chi connectivity index (χ0n) is 12.1. The van der Waals surface area contributed by atoms with Crippen LogP contribution in [0.2, 0.25) is 0 Å². The summed E-state index contributed by atoms with van der Waals surface area (Å²) in [5.41, 5.74) is 2.60. The molecule has 0 aliphatic rings. The lowest BCUT2D eigenvalue weighted by Crippen LogP contribution is -2.30. The fraction of sp³-hybridized carbons (Fsp3) is 0.571. The van der Waals surface area contributed by atoms with Crippen molar-refractivity contribution < 1.29 is 4.74 Å². The van der Waals surface area contributed by atoms with Gasteiger partial charge in [-0.3, -0.25) is 0 Å². The van der Waals surface area contributed by atoms with E-state index >= 15 is 0 Å². The van der Waals surface area contributed by atoms with Crippen molar-refractivity contribution in [2.24, 2.45) is 0 Å². The molecule has 1 unspecified atom stereocenters. The van der Waals surface area contributed by atoms with Crippen molar-refractivity contribution in [2.45, 2.75) is 45.2 Å². The molecule has 0 spiro atoms. The molecule has 1 atom stereocenters. The average molecular weight is 282 g/mol. The monoisotopic (exact) mass is 281 g/mol. The molecule has 104 valence electrons. The number of pyridine rings is 1. The van der Waals surface area contributed by atoms with Gasteiger partial charge in [0.05, 0.1) is 17.5 Å². The van der Waals surface area contributed by atoms with Gasteiger partial charge >= 0.3 is 0 Å². The van der Waals surface area contributed by atoms with Gasteiger partial charge in [0.25, 0.3) is 0 Å². The number of ether oxygens (including phenoxy) is 1. The number of halogens is 1. The quantitative estimate of drug-likeness (QED) is 0.806. The Hall–Kier alpha value is -1.13. The summed E-state index contributed by atoms with van der Waals surface area (Å²) in [5, 5.41) is -0.166. The zero-order valence-corrected chi connectivity index (χ0v) is 12.8. The Morgan fingerprint density at radius 3 is 2.74 bits per heavy atom. The maximum atomic E-state index is 6.25. The van der Waals surface area contributed by atoms with Crippen LogP contribution in [0.5, 0.6) is 0 Å². The number of hydrogen-bond donors (Lipinski definition) is 0. The molecule has 0 aliphatic carbocycles. The van der Waals surface area contributed by atoms with E-state index in [4.69, 9.17) is 16.3 Å². The molecule has 0 saturated heterocycles. The van der Waals surface area contributed by atoms with Gasteiger partial charge < -0.3 is 9.30 Å². The van der Waals surface area contributed by atoms with Crippen molar-refractivity contribution in [3.63, 3.8) is 0 Å². The molecule has 5 heteroatoms. The minimum Gasteiger partial charge on any atom is -0.377 e. The second kappa shape index (κ2) is 5.10. The van der Waals surface area contributed by atoms with Crippen molar-refractivity contribution in [3.05, 3.63) is 23.7 Å². The smallest absolute Gasteiger partial charge is 0.160 e. The highest BCUT2D eigenvalue weighted by molar-refractivity contribution is 6.20. The molecule has 2 rings (SSSR count). The van der Waals surface area contributed by atoms with Gasteiger partial charge in [0.15, 0.2) is 5.65 Å². The van der Waals surface area contributed by atoms with E-state index in [1.165, 1.54) is 0 Å². The van der Waals surface area contributed by atoms with E-state index in [9.17, 15) is 0 Å². The first-order chi connectivity index (χ1) is 8.85. The third-order valence-electron chi connectivity index (χ3n) is 3.31. The summed E-state index contributed by atoms with van der Waals surface area (Å²) in [6, 6.07) is 1.96. The first kappa shape index (κ1) is 14.3. The van der Waals surface area contributed by atoms with Crippen LogP contribution in [-0.2, 0) is 11.3 Å². The van der Waals surface area contributed by atoms with E-state index in [0.717, 1.165) is 22.6 Å². The number of rotatable bonds is 4. The SMILES string of the molecule is COC(C)(C)Cn1c(C(C)Cl)nc2c(C)ccnc21. The van der Waals surface area contributed by atoms with Crippen LogP contribution in [0.25, 0.3) is 11.2 Å². The molecular weight excluding hydrogens is 262 g/mol. The van der Waals surface area contributed by atoms with Gasteiger partial charge in [0.1, 0.15) is 11.3 Å². The normalized spacial score (nSPS) is 14.0. The number of imidazole rings is 1. The molecule has 0 amide bonds. The van der Waals surface area contributed by atoms with Crippen LogP contribution in [-0.4, -0.2) is 27.2 Å². The van der Waals surface area contributed by atoms with Crippen LogP contribution in [0.3, 0.4) is 0 Å². The van der Waals surface area contributed by atoms with E-state index in [0.29, 0.717) is 6.54 Å². The van der Waals surface area contributed by atoms with Gasteiger partial charge in [0, 0.05) is 13.3 Å². The number of aryl methyl sites for hydroxylation is 1. The van der Waals surface area contributed by atoms with E-state index in [2.05, 4.69) is 14.5 Å². The molecule has 2 aromatic heterocycles. The van der Waals surface area contributed by atoms with Gasteiger partial charge in [-0.25, -0.2) is 9.97 Å². The van der Waals surface area contributed by atoms with Gasteiger partial charge in [-0.1, -0.05) is 0 Å². The fourth-order valence-electron chi connectivity index (χ4n) is 2.06. The number of nitrogens with zero attached hydrogens (tertiary/aromatic N) is 3. The summed E-state index contributed by atoms with van der Waals surface area (Å²) in [5.74, 6) is 0.837. The largest absolute Gasteiger partial charge is 0.377 e. The number of aromatic nitrogens is 3. The van der Waals surface area contributed by atoms with Crippen molar-refractivity contribution in [1.29, 1.82) is 0 Å². The fourth-order valence-corrected chi connectivity index (χ4v) is 2.23. The van der Waals surface area contributed by atoms with Gasteiger partial charge in [-0.15, -0.1) is 11.6 Å². The summed E-state index contributed by atoms with van der Waals surface area (Å²) >= 11 is 6.25. The summed E-state index contributed by atoms with van der Waals surface area (Å²) in [7, 11) is 1.71. The number of hydrogen-bond acceptors (Lipinski definition) is 3. The highest BCUT2D eigenvalue weighted by atomic mass is 35.5. The predicted molar refractivity (Wildman–Crippen MR) is 77.6 cm³/mol. The second-order valence-electron chi connectivity index (χ2n) is 5.44. The zero-order chi connectivity index (χ0) is 14.2. The van der Waals surface area contributed by atoms with E-state index in [-0.39, 0.29) is 11.0 Å². The molecule has 0 aromatic carbocycles. The first-order valence-corrected chi connectivity index (χ1v) is 6.80. The molecule has 2 heterocycles. The van der Waals surface area contributed by atoms with Crippen molar-refractivity contribution >= 4 is 22.8 Å². The Labute approximate surface area is 118 Å². The minimum absolute atomic E-state index is 0.166. The third kappa shape index (κ3) is 2.74. The molecule has 0 fully saturated rings. The van der Waals surface area contributed by atoms with E-state index < -0.39 is 0 Å². The second-order valence-corrected chi connectivity index (χ2v) is 6.09. The van der Waals surface area contributed by atoms with Crippen LogP contribution in [0, 0.1) is 6.92 Å². The van der Waals surface area contributed by atoms with Crippen molar-refractivity contribution in [3.8, 4) is 0 Å². The maximum Gasteiger partial charge on any atom is 0.160 e. The molecule has 0 radical (unpaired) electrons. The molecule has 0 N–H and O–H groups in total. The van der Waals surface area contributed by atoms with E-state index in [1.54, 1.807) is 13.3 Å². The van der Waals surface area contributed by atoms with Gasteiger partial charge in [-0.2, -0.15) is 0 Å². The molecule has 0 saturated carbocycles. The van der Waals surface area contributed by atoms with Crippen LogP contribution in [0.4, 0.5) is 0 Å². The summed E-state index contributed by atoms with van der Waals surface area (Å²) < 4.78 is 7.56. The first-order valence-electron chi connectivity index (χ1n) is 6.36. The van der Waals surface area contributed by atoms with Crippen LogP contribution in [0.15, 0.2) is 12.3 Å². The lowest BCUT2D eigenvalue weighted by Gasteiger charge is -2.25. The number of methoxy groups -OCH3 is 1. The topological polar surface area (TPSA) is 39.9 Å². The highest BCUT2D eigenvalue weighted by Crippen LogP contribution is 2.27. The standard InChI is InChI=1S/C14H20ClN3O/c1-9-6-7-16-13-11(9)17-12(10(2)15)18(13)8-14(3,4)19-5/h6-7,10H,8H2,1-5H3. The lowest BCUT2D eigenvalue weighted by molar-refractivity contribution is 0.00831. The van der Waals surface area contributed by atoms with Gasteiger partial charge in [0.2, 0.25) is 0 Å². The Morgan fingerprint density at radius 2 is 2.16 bits per heavy atom. The molecule has 4 nitrogen and oxygen atoms in total. The Bertz CT molecular complexity index is 590. The minimum atomic E-state index is -0.292. The Kier molecular flexibility index (Phi) is 3.83. The number of fused-ring (bicyclic) bond motifs is 1. The van der Waals surface area contributed by atoms with Crippen molar-refractivity contribution in [2.75, 3.05) is 7.11 Å². The Balaban J connectivity index is 2.62. The average Bonchev–Trinajstić information content (AvgIpc) is 2.69.